The number of nitrogens with zero attached hydrogens (tertiary/aromatic N) is 3. The minimum absolute atomic E-state index is 0.0375. The van der Waals surface area contributed by atoms with Gasteiger partial charge in [0.15, 0.2) is 8.68 Å². The summed E-state index contributed by atoms with van der Waals surface area (Å²) in [4.78, 5) is 6.13. The van der Waals surface area contributed by atoms with Crippen LogP contribution in [-0.2, 0) is 10.0 Å². The van der Waals surface area contributed by atoms with Crippen molar-refractivity contribution in [2.45, 2.75) is 35.9 Å². The normalized spacial score (nSPS) is 18.6. The van der Waals surface area contributed by atoms with Crippen LogP contribution in [0.3, 0.4) is 0 Å². The van der Waals surface area contributed by atoms with Crippen molar-refractivity contribution in [1.29, 1.82) is 0 Å². The Hall–Kier alpha value is -0.210. The van der Waals surface area contributed by atoms with E-state index in [0.29, 0.717) is 12.2 Å². The Morgan fingerprint density at radius 3 is 2.30 bits per heavy atom. The average Bonchev–Trinajstić information content (AvgIpc) is 2.62. The van der Waals surface area contributed by atoms with E-state index in [-0.39, 0.29) is 14.2 Å². The summed E-state index contributed by atoms with van der Waals surface area (Å²) in [6.07, 6.45) is 3.21. The third-order valence-electron chi connectivity index (χ3n) is 4.12. The lowest BCUT2D eigenvalue weighted by atomic mass is 9.75. The average molecular weight is 338 g/mol. The molecule has 0 bridgehead atoms. The number of rotatable bonds is 5. The van der Waals surface area contributed by atoms with Gasteiger partial charge in [0.2, 0.25) is 0 Å². The third-order valence-corrected chi connectivity index (χ3v) is 7.77. The highest BCUT2D eigenvalue weighted by atomic mass is 35.5. The molecule has 0 aliphatic heterocycles. The zero-order valence-corrected chi connectivity index (χ0v) is 14.6. The maximum Gasteiger partial charge on any atom is 0.254 e. The molecule has 1 aliphatic rings. The van der Waals surface area contributed by atoms with Gasteiger partial charge in [-0.25, -0.2) is 13.4 Å². The smallest absolute Gasteiger partial charge is 0.254 e. The van der Waals surface area contributed by atoms with E-state index in [1.165, 1.54) is 4.31 Å². The molecule has 1 aliphatic carbocycles. The molecule has 5 nitrogen and oxygen atoms in total. The van der Waals surface area contributed by atoms with Crippen molar-refractivity contribution in [3.63, 3.8) is 0 Å². The third kappa shape index (κ3) is 2.74. The fraction of sp³-hybridized carbons (Fsp3) is 0.750. The van der Waals surface area contributed by atoms with Crippen LogP contribution >= 0.6 is 22.9 Å². The molecule has 0 spiro atoms. The van der Waals surface area contributed by atoms with E-state index in [1.807, 2.05) is 14.1 Å². The maximum absolute atomic E-state index is 12.6. The number of sulfonamides is 1. The SMILES string of the molecule is Cc1nc(Cl)sc1S(=O)(=O)N(C)CC1(N(C)C)CCC1. The Morgan fingerprint density at radius 1 is 1.35 bits per heavy atom. The van der Waals surface area contributed by atoms with Crippen LogP contribution in [0.2, 0.25) is 4.47 Å². The van der Waals surface area contributed by atoms with E-state index in [1.54, 1.807) is 14.0 Å². The molecule has 1 heterocycles. The van der Waals surface area contributed by atoms with E-state index >= 15 is 0 Å². The second kappa shape index (κ2) is 5.53. The first-order valence-corrected chi connectivity index (χ1v) is 9.09. The van der Waals surface area contributed by atoms with Crippen molar-refractivity contribution in [2.24, 2.45) is 0 Å². The van der Waals surface area contributed by atoms with Crippen LogP contribution in [0.4, 0.5) is 0 Å². The van der Waals surface area contributed by atoms with E-state index in [4.69, 9.17) is 11.6 Å². The Labute approximate surface area is 129 Å². The lowest BCUT2D eigenvalue weighted by Gasteiger charge is -2.48. The summed E-state index contributed by atoms with van der Waals surface area (Å²) in [6.45, 7) is 2.17. The highest BCUT2D eigenvalue weighted by molar-refractivity contribution is 7.91. The van der Waals surface area contributed by atoms with Gasteiger partial charge < -0.3 is 4.90 Å². The molecule has 0 N–H and O–H groups in total. The maximum atomic E-state index is 12.6. The van der Waals surface area contributed by atoms with Crippen LogP contribution in [0.25, 0.3) is 0 Å². The first-order valence-electron chi connectivity index (χ1n) is 6.46. The van der Waals surface area contributed by atoms with Crippen LogP contribution in [0, 0.1) is 6.92 Å². The summed E-state index contributed by atoms with van der Waals surface area (Å²) in [5.41, 5.74) is 0.434. The molecule has 0 unspecified atom stereocenters. The fourth-order valence-corrected chi connectivity index (χ4v) is 5.74. The number of hydrogen-bond acceptors (Lipinski definition) is 5. The van der Waals surface area contributed by atoms with Crippen molar-refractivity contribution in [1.82, 2.24) is 14.2 Å². The summed E-state index contributed by atoms with van der Waals surface area (Å²) in [5.74, 6) is 0. The number of halogens is 1. The molecular formula is C12H20ClN3O2S2. The zero-order valence-electron chi connectivity index (χ0n) is 12.2. The quantitative estimate of drug-likeness (QED) is 0.826. The van der Waals surface area contributed by atoms with Gasteiger partial charge in [-0.1, -0.05) is 22.9 Å². The first kappa shape index (κ1) is 16.2. The topological polar surface area (TPSA) is 53.5 Å². The highest BCUT2D eigenvalue weighted by Crippen LogP contribution is 2.38. The van der Waals surface area contributed by atoms with Crippen molar-refractivity contribution >= 4 is 33.0 Å². The second-order valence-corrected chi connectivity index (χ2v) is 9.39. The Bertz CT molecular complexity index is 594. The molecular weight excluding hydrogens is 318 g/mol. The van der Waals surface area contributed by atoms with Crippen LogP contribution in [0.5, 0.6) is 0 Å². The van der Waals surface area contributed by atoms with Gasteiger partial charge in [0.25, 0.3) is 10.0 Å². The zero-order chi connectivity index (χ0) is 15.1. The molecule has 0 atom stereocenters. The molecule has 0 saturated heterocycles. The Kier molecular flexibility index (Phi) is 4.47. The number of thiazole rings is 1. The van der Waals surface area contributed by atoms with E-state index in [0.717, 1.165) is 30.6 Å². The minimum atomic E-state index is -3.51. The number of hydrogen-bond donors (Lipinski definition) is 0. The first-order chi connectivity index (χ1) is 9.19. The molecule has 1 fully saturated rings. The Morgan fingerprint density at radius 2 is 1.95 bits per heavy atom. The predicted octanol–water partition coefficient (Wildman–Crippen LogP) is 2.21. The summed E-state index contributed by atoms with van der Waals surface area (Å²) in [7, 11) is 2.13. The second-order valence-electron chi connectivity index (χ2n) is 5.57. The molecule has 20 heavy (non-hydrogen) atoms. The molecule has 0 amide bonds. The standard InChI is InChI=1S/C12H20ClN3O2S2/c1-9-10(19-11(13)14-9)20(17,18)16(4)8-12(15(2)3)6-5-7-12/h5-8H2,1-4H3. The highest BCUT2D eigenvalue weighted by Gasteiger charge is 2.42. The summed E-state index contributed by atoms with van der Waals surface area (Å²) < 4.78 is 27.2. The van der Waals surface area contributed by atoms with Crippen LogP contribution < -0.4 is 0 Å². The van der Waals surface area contributed by atoms with Gasteiger partial charge in [-0.15, -0.1) is 0 Å². The largest absolute Gasteiger partial charge is 0.302 e. The summed E-state index contributed by atoms with van der Waals surface area (Å²) in [5, 5.41) is 0. The Balaban J connectivity index is 2.24. The van der Waals surface area contributed by atoms with Crippen molar-refractivity contribution in [2.75, 3.05) is 27.7 Å². The van der Waals surface area contributed by atoms with Gasteiger partial charge >= 0.3 is 0 Å². The summed E-state index contributed by atoms with van der Waals surface area (Å²) in [6, 6.07) is 0. The molecule has 8 heteroatoms. The monoisotopic (exact) mass is 337 g/mol. The van der Waals surface area contributed by atoms with Gasteiger partial charge in [0.1, 0.15) is 0 Å². The molecule has 1 aromatic rings. The van der Waals surface area contributed by atoms with Crippen molar-refractivity contribution in [3.05, 3.63) is 10.2 Å². The van der Waals surface area contributed by atoms with Gasteiger partial charge in [0, 0.05) is 19.1 Å². The van der Waals surface area contributed by atoms with E-state index in [2.05, 4.69) is 9.88 Å². The lowest BCUT2D eigenvalue weighted by molar-refractivity contribution is 0.0455. The lowest BCUT2D eigenvalue weighted by Crippen LogP contribution is -2.57. The molecule has 1 aromatic heterocycles. The summed E-state index contributed by atoms with van der Waals surface area (Å²) >= 11 is 6.84. The van der Waals surface area contributed by atoms with Gasteiger partial charge in [-0.2, -0.15) is 4.31 Å². The predicted molar refractivity (Wildman–Crippen MR) is 81.9 cm³/mol. The van der Waals surface area contributed by atoms with E-state index in [9.17, 15) is 8.42 Å². The molecule has 114 valence electrons. The number of aromatic nitrogens is 1. The van der Waals surface area contributed by atoms with Crippen LogP contribution in [0.15, 0.2) is 4.21 Å². The van der Waals surface area contributed by atoms with Crippen LogP contribution in [0.1, 0.15) is 25.0 Å². The van der Waals surface area contributed by atoms with Gasteiger partial charge in [-0.05, 0) is 40.3 Å². The van der Waals surface area contributed by atoms with Crippen LogP contribution in [-0.4, -0.2) is 55.8 Å². The molecule has 2 rings (SSSR count). The molecule has 0 aromatic carbocycles. The van der Waals surface area contributed by atoms with Gasteiger partial charge in [-0.3, -0.25) is 0 Å². The van der Waals surface area contributed by atoms with Gasteiger partial charge in [0.05, 0.1) is 5.69 Å². The molecule has 1 saturated carbocycles. The van der Waals surface area contributed by atoms with E-state index < -0.39 is 10.0 Å². The van der Waals surface area contributed by atoms with Crippen molar-refractivity contribution < 1.29 is 8.42 Å². The fourth-order valence-electron chi connectivity index (χ4n) is 2.56. The minimum Gasteiger partial charge on any atom is -0.302 e. The van der Waals surface area contributed by atoms with Crippen molar-refractivity contribution in [3.8, 4) is 0 Å². The molecule has 0 radical (unpaired) electrons. The number of aryl methyl sites for hydroxylation is 1. The number of likely N-dealkylation sites (N-methyl/N-ethyl adjacent to an activating group) is 2.